The van der Waals surface area contributed by atoms with E-state index in [9.17, 15) is 14.0 Å². The second-order valence-corrected chi connectivity index (χ2v) is 7.83. The quantitative estimate of drug-likeness (QED) is 0.286. The third kappa shape index (κ3) is 6.75. The van der Waals surface area contributed by atoms with Crippen LogP contribution in [-0.2, 0) is 17.7 Å². The number of carbonyl (C=O) groups excluding carboxylic acids is 2. The van der Waals surface area contributed by atoms with E-state index in [1.807, 2.05) is 25.5 Å². The molecule has 0 fully saturated rings. The smallest absolute Gasteiger partial charge is 0.338 e. The molecule has 35 heavy (non-hydrogen) atoms. The van der Waals surface area contributed by atoms with Crippen molar-refractivity contribution < 1.29 is 18.7 Å². The molecule has 0 aliphatic heterocycles. The highest BCUT2D eigenvalue weighted by Gasteiger charge is 2.13. The molecule has 0 radical (unpaired) electrons. The number of halogens is 1. The number of aliphatic imine (C=N–C) groups is 1. The van der Waals surface area contributed by atoms with Crippen LogP contribution in [0.3, 0.4) is 0 Å². The molecule has 1 aromatic heterocycles. The van der Waals surface area contributed by atoms with Crippen molar-refractivity contribution in [2.24, 2.45) is 4.99 Å². The van der Waals surface area contributed by atoms with Crippen molar-refractivity contribution >= 4 is 23.5 Å². The lowest BCUT2D eigenvalue weighted by Crippen LogP contribution is -2.36. The van der Waals surface area contributed by atoms with E-state index < -0.39 is 17.7 Å². The second kappa shape index (κ2) is 11.9. The Bertz CT molecular complexity index is 1200. The summed E-state index contributed by atoms with van der Waals surface area (Å²) in [6, 6.07) is 11.9. The predicted octanol–water partition coefficient (Wildman–Crippen LogP) is 4.28. The molecule has 0 aliphatic carbocycles. The van der Waals surface area contributed by atoms with Gasteiger partial charge in [0.1, 0.15) is 5.82 Å². The molecule has 9 heteroatoms. The molecule has 2 N–H and O–H groups in total. The molecular formula is C26H30FN5O3. The lowest BCUT2D eigenvalue weighted by Gasteiger charge is -2.12. The Hall–Kier alpha value is -4.01. The number of carbonyl (C=O) groups is 2. The summed E-state index contributed by atoms with van der Waals surface area (Å²) < 4.78 is 20.2. The summed E-state index contributed by atoms with van der Waals surface area (Å²) in [5, 5.41) is 10.4. The van der Waals surface area contributed by atoms with Gasteiger partial charge in [-0.3, -0.25) is 19.8 Å². The molecule has 0 saturated carbocycles. The zero-order valence-corrected chi connectivity index (χ0v) is 20.4. The number of rotatable bonds is 8. The predicted molar refractivity (Wildman–Crippen MR) is 133 cm³/mol. The van der Waals surface area contributed by atoms with Gasteiger partial charge in [0.05, 0.1) is 17.9 Å². The van der Waals surface area contributed by atoms with E-state index in [1.165, 1.54) is 24.3 Å². The Balaban J connectivity index is 1.78. The van der Waals surface area contributed by atoms with Crippen LogP contribution in [0.1, 0.15) is 51.5 Å². The molecule has 0 spiro atoms. The Morgan fingerprint density at radius 1 is 1.03 bits per heavy atom. The molecule has 0 atom stereocenters. The van der Waals surface area contributed by atoms with Crippen LogP contribution in [0.15, 0.2) is 53.5 Å². The molecule has 0 saturated heterocycles. The average molecular weight is 480 g/mol. The number of nitrogens with one attached hydrogen (secondary N) is 2. The summed E-state index contributed by atoms with van der Waals surface area (Å²) >= 11 is 0. The van der Waals surface area contributed by atoms with Crippen molar-refractivity contribution in [3.05, 3.63) is 82.4 Å². The SMILES string of the molecule is CCOC(=O)c1ccc(NC(=NCCc2c(C)nn(CC)c2C)NC(=O)c2ccc(F)cc2)cc1. The number of anilines is 1. The van der Waals surface area contributed by atoms with E-state index in [4.69, 9.17) is 4.74 Å². The number of guanidine groups is 1. The summed E-state index contributed by atoms with van der Waals surface area (Å²) in [6.45, 7) is 9.28. The zero-order chi connectivity index (χ0) is 25.4. The first-order valence-electron chi connectivity index (χ1n) is 11.5. The third-order valence-electron chi connectivity index (χ3n) is 5.46. The Kier molecular flexibility index (Phi) is 8.72. The lowest BCUT2D eigenvalue weighted by atomic mass is 10.1. The molecule has 3 aromatic rings. The average Bonchev–Trinajstić information content (AvgIpc) is 3.12. The van der Waals surface area contributed by atoms with Crippen molar-refractivity contribution in [3.8, 4) is 0 Å². The lowest BCUT2D eigenvalue weighted by molar-refractivity contribution is 0.0526. The van der Waals surface area contributed by atoms with Crippen LogP contribution in [0, 0.1) is 19.7 Å². The summed E-state index contributed by atoms with van der Waals surface area (Å²) in [6.07, 6.45) is 0.650. The summed E-state index contributed by atoms with van der Waals surface area (Å²) in [7, 11) is 0. The van der Waals surface area contributed by atoms with Gasteiger partial charge in [-0.25, -0.2) is 9.18 Å². The topological polar surface area (TPSA) is 97.6 Å². The third-order valence-corrected chi connectivity index (χ3v) is 5.46. The van der Waals surface area contributed by atoms with Gasteiger partial charge in [0, 0.05) is 30.0 Å². The van der Waals surface area contributed by atoms with Gasteiger partial charge in [-0.1, -0.05) is 0 Å². The first kappa shape index (κ1) is 25.6. The van der Waals surface area contributed by atoms with Crippen molar-refractivity contribution in [2.75, 3.05) is 18.5 Å². The van der Waals surface area contributed by atoms with Gasteiger partial charge in [0.25, 0.3) is 5.91 Å². The fourth-order valence-corrected chi connectivity index (χ4v) is 3.62. The van der Waals surface area contributed by atoms with Crippen LogP contribution < -0.4 is 10.6 Å². The van der Waals surface area contributed by atoms with Crippen LogP contribution in [0.4, 0.5) is 10.1 Å². The van der Waals surface area contributed by atoms with Gasteiger partial charge in [0.15, 0.2) is 0 Å². The van der Waals surface area contributed by atoms with Gasteiger partial charge in [0.2, 0.25) is 5.96 Å². The number of nitrogens with zero attached hydrogens (tertiary/aromatic N) is 3. The minimum absolute atomic E-state index is 0.237. The van der Waals surface area contributed by atoms with Crippen molar-refractivity contribution in [3.63, 3.8) is 0 Å². The fourth-order valence-electron chi connectivity index (χ4n) is 3.62. The van der Waals surface area contributed by atoms with Crippen molar-refractivity contribution in [1.29, 1.82) is 0 Å². The summed E-state index contributed by atoms with van der Waals surface area (Å²) in [5.41, 5.74) is 4.53. The molecule has 0 bridgehead atoms. The number of esters is 1. The molecule has 8 nitrogen and oxygen atoms in total. The van der Waals surface area contributed by atoms with Crippen LogP contribution in [-0.4, -0.2) is 40.8 Å². The van der Waals surface area contributed by atoms with E-state index in [2.05, 4.69) is 20.7 Å². The fraction of sp³-hybridized carbons (Fsp3) is 0.308. The van der Waals surface area contributed by atoms with E-state index in [0.717, 1.165) is 23.5 Å². The molecule has 0 aliphatic rings. The minimum Gasteiger partial charge on any atom is -0.462 e. The maximum atomic E-state index is 13.3. The van der Waals surface area contributed by atoms with Gasteiger partial charge in [-0.2, -0.15) is 5.10 Å². The summed E-state index contributed by atoms with van der Waals surface area (Å²) in [4.78, 5) is 29.2. The maximum absolute atomic E-state index is 13.3. The summed E-state index contributed by atoms with van der Waals surface area (Å²) in [5.74, 6) is -1.02. The number of aryl methyl sites for hydroxylation is 2. The molecule has 3 rings (SSSR count). The van der Waals surface area contributed by atoms with E-state index >= 15 is 0 Å². The molecule has 1 heterocycles. The van der Waals surface area contributed by atoms with E-state index in [0.29, 0.717) is 36.4 Å². The van der Waals surface area contributed by atoms with Gasteiger partial charge >= 0.3 is 5.97 Å². The molecule has 1 amide bonds. The Morgan fingerprint density at radius 3 is 2.29 bits per heavy atom. The highest BCUT2D eigenvalue weighted by atomic mass is 19.1. The minimum atomic E-state index is -0.425. The van der Waals surface area contributed by atoms with Crippen LogP contribution in [0.25, 0.3) is 0 Å². The Labute approximate surface area is 204 Å². The monoisotopic (exact) mass is 479 g/mol. The van der Waals surface area contributed by atoms with Crippen LogP contribution >= 0.6 is 0 Å². The van der Waals surface area contributed by atoms with Crippen molar-refractivity contribution in [1.82, 2.24) is 15.1 Å². The van der Waals surface area contributed by atoms with Gasteiger partial charge in [-0.05, 0) is 88.2 Å². The Morgan fingerprint density at radius 2 is 1.69 bits per heavy atom. The highest BCUT2D eigenvalue weighted by Crippen LogP contribution is 2.14. The van der Waals surface area contributed by atoms with E-state index in [1.54, 1.807) is 31.2 Å². The second-order valence-electron chi connectivity index (χ2n) is 7.83. The number of benzene rings is 2. The number of hydrogen-bond acceptors (Lipinski definition) is 5. The first-order chi connectivity index (χ1) is 16.8. The number of aromatic nitrogens is 2. The zero-order valence-electron chi connectivity index (χ0n) is 20.4. The van der Waals surface area contributed by atoms with E-state index in [-0.39, 0.29) is 5.96 Å². The van der Waals surface area contributed by atoms with Crippen LogP contribution in [0.5, 0.6) is 0 Å². The molecule has 184 valence electrons. The molecular weight excluding hydrogens is 449 g/mol. The van der Waals surface area contributed by atoms with Gasteiger partial charge in [-0.15, -0.1) is 0 Å². The number of hydrogen-bond donors (Lipinski definition) is 2. The maximum Gasteiger partial charge on any atom is 0.338 e. The number of amides is 1. The first-order valence-corrected chi connectivity index (χ1v) is 11.5. The van der Waals surface area contributed by atoms with Crippen LogP contribution in [0.2, 0.25) is 0 Å². The van der Waals surface area contributed by atoms with Crippen molar-refractivity contribution in [2.45, 2.75) is 40.7 Å². The normalized spacial score (nSPS) is 11.3. The highest BCUT2D eigenvalue weighted by molar-refractivity contribution is 6.10. The number of ether oxygens (including phenoxy) is 1. The standard InChI is InChI=1S/C26H30FN5O3/c1-5-32-18(4)23(17(3)31-32)15-16-28-26(30-24(33)19-7-11-21(27)12-8-19)29-22-13-9-20(10-14-22)25(34)35-6-2/h7-14H,5-6,15-16H2,1-4H3,(H2,28,29,30,33). The molecule has 0 unspecified atom stereocenters. The largest absolute Gasteiger partial charge is 0.462 e. The molecule has 2 aromatic carbocycles. The van der Waals surface area contributed by atoms with Gasteiger partial charge < -0.3 is 10.1 Å².